The second-order valence-electron chi connectivity index (χ2n) is 5.18. The average Bonchev–Trinajstić information content (AvgIpc) is 2.44. The Kier molecular flexibility index (Phi) is 3.95. The van der Waals surface area contributed by atoms with E-state index < -0.39 is 24.0 Å². The summed E-state index contributed by atoms with van der Waals surface area (Å²) in [6, 6.07) is 4.82. The van der Waals surface area contributed by atoms with Crippen LogP contribution >= 0.6 is 0 Å². The lowest BCUT2D eigenvalue weighted by Crippen LogP contribution is -2.46. The maximum Gasteiger partial charge on any atom is 0.337 e. The molecule has 1 aromatic carbocycles. The number of nitrogens with one attached hydrogen (secondary N) is 2. The Balaban J connectivity index is 2.07. The van der Waals surface area contributed by atoms with Gasteiger partial charge in [0.25, 0.3) is 5.91 Å². The summed E-state index contributed by atoms with van der Waals surface area (Å²) in [5.74, 6) is -1.94. The Morgan fingerprint density at radius 1 is 1.38 bits per heavy atom. The van der Waals surface area contributed by atoms with E-state index in [2.05, 4.69) is 10.6 Å². The third-order valence-electron chi connectivity index (χ3n) is 3.32. The van der Waals surface area contributed by atoms with Gasteiger partial charge in [-0.15, -0.1) is 0 Å². The number of rotatable bonds is 4. The van der Waals surface area contributed by atoms with Gasteiger partial charge in [-0.1, -0.05) is 0 Å². The minimum atomic E-state index is -2.02. The van der Waals surface area contributed by atoms with Crippen LogP contribution in [0.2, 0.25) is 0 Å². The van der Waals surface area contributed by atoms with Gasteiger partial charge in [-0.2, -0.15) is 0 Å². The lowest BCUT2D eigenvalue weighted by molar-refractivity contribution is -0.155. The largest absolute Gasteiger partial charge is 0.479 e. The van der Waals surface area contributed by atoms with Crippen molar-refractivity contribution >= 4 is 23.5 Å². The molecule has 0 spiro atoms. The molecule has 112 valence electrons. The summed E-state index contributed by atoms with van der Waals surface area (Å²) in [5.41, 5.74) is -0.128. The fraction of sp³-hybridized carbons (Fsp3) is 0.357. The summed E-state index contributed by atoms with van der Waals surface area (Å²) in [6.45, 7) is 0.715. The number of carbonyl (C=O) groups is 3. The molecule has 21 heavy (non-hydrogen) atoms. The van der Waals surface area contributed by atoms with Gasteiger partial charge in [0.2, 0.25) is 5.91 Å². The van der Waals surface area contributed by atoms with Crippen LogP contribution in [0.15, 0.2) is 18.2 Å². The molecular weight excluding hydrogens is 276 g/mol. The predicted molar refractivity (Wildman–Crippen MR) is 74.0 cm³/mol. The van der Waals surface area contributed by atoms with Crippen LogP contribution in [0.4, 0.5) is 5.69 Å². The first-order valence-electron chi connectivity index (χ1n) is 6.46. The van der Waals surface area contributed by atoms with Crippen LogP contribution in [0, 0.1) is 0 Å². The number of benzene rings is 1. The second kappa shape index (κ2) is 5.53. The number of fused-ring (bicyclic) bond motifs is 1. The zero-order valence-corrected chi connectivity index (χ0v) is 11.5. The van der Waals surface area contributed by atoms with Crippen LogP contribution in [0.3, 0.4) is 0 Å². The third kappa shape index (κ3) is 3.38. The van der Waals surface area contributed by atoms with Crippen LogP contribution < -0.4 is 10.6 Å². The molecular formula is C14H16N2O5. The summed E-state index contributed by atoms with van der Waals surface area (Å²) in [6.07, 6.45) is 0.918. The minimum Gasteiger partial charge on any atom is -0.479 e. The van der Waals surface area contributed by atoms with E-state index in [1.165, 1.54) is 6.07 Å². The van der Waals surface area contributed by atoms with Crippen molar-refractivity contribution in [2.45, 2.75) is 25.4 Å². The SMILES string of the molecule is CC(O)(CNC(=O)c1ccc2c(c1)CCC(=O)N2)C(=O)O. The van der Waals surface area contributed by atoms with Gasteiger partial charge in [0.05, 0.1) is 6.54 Å². The molecule has 0 radical (unpaired) electrons. The van der Waals surface area contributed by atoms with Crippen LogP contribution in [0.25, 0.3) is 0 Å². The highest BCUT2D eigenvalue weighted by molar-refractivity contribution is 5.98. The van der Waals surface area contributed by atoms with Gasteiger partial charge in [-0.25, -0.2) is 4.79 Å². The number of carboxylic acid groups (broad SMARTS) is 1. The molecule has 2 rings (SSSR count). The number of anilines is 1. The number of aliphatic hydroxyl groups is 1. The fourth-order valence-corrected chi connectivity index (χ4v) is 1.95. The molecule has 0 aliphatic carbocycles. The number of aryl methyl sites for hydroxylation is 1. The maximum absolute atomic E-state index is 12.0. The van der Waals surface area contributed by atoms with Gasteiger partial charge in [0.15, 0.2) is 5.60 Å². The van der Waals surface area contributed by atoms with Crippen molar-refractivity contribution in [3.05, 3.63) is 29.3 Å². The highest BCUT2D eigenvalue weighted by Gasteiger charge is 2.30. The molecule has 1 aliphatic heterocycles. The van der Waals surface area contributed by atoms with Crippen molar-refractivity contribution < 1.29 is 24.6 Å². The predicted octanol–water partition coefficient (Wildman–Crippen LogP) is 0.137. The smallest absolute Gasteiger partial charge is 0.337 e. The summed E-state index contributed by atoms with van der Waals surface area (Å²) < 4.78 is 0. The highest BCUT2D eigenvalue weighted by Crippen LogP contribution is 2.23. The van der Waals surface area contributed by atoms with E-state index in [4.69, 9.17) is 5.11 Å². The van der Waals surface area contributed by atoms with E-state index in [9.17, 15) is 19.5 Å². The number of hydrogen-bond donors (Lipinski definition) is 4. The van der Waals surface area contributed by atoms with Gasteiger partial charge in [0.1, 0.15) is 0 Å². The van der Waals surface area contributed by atoms with E-state index in [0.29, 0.717) is 24.1 Å². The lowest BCUT2D eigenvalue weighted by atomic mass is 10.00. The molecule has 7 nitrogen and oxygen atoms in total. The van der Waals surface area contributed by atoms with E-state index >= 15 is 0 Å². The molecule has 0 fully saturated rings. The van der Waals surface area contributed by atoms with Gasteiger partial charge < -0.3 is 20.8 Å². The van der Waals surface area contributed by atoms with Crippen molar-refractivity contribution in [3.63, 3.8) is 0 Å². The fourth-order valence-electron chi connectivity index (χ4n) is 1.95. The van der Waals surface area contributed by atoms with Crippen molar-refractivity contribution in [1.29, 1.82) is 0 Å². The van der Waals surface area contributed by atoms with Gasteiger partial charge in [0, 0.05) is 17.7 Å². The van der Waals surface area contributed by atoms with Crippen molar-refractivity contribution in [3.8, 4) is 0 Å². The van der Waals surface area contributed by atoms with E-state index in [1.807, 2.05) is 0 Å². The normalized spacial score (nSPS) is 16.4. The Morgan fingerprint density at radius 2 is 2.10 bits per heavy atom. The van der Waals surface area contributed by atoms with Gasteiger partial charge >= 0.3 is 5.97 Å². The van der Waals surface area contributed by atoms with E-state index in [0.717, 1.165) is 12.5 Å². The first kappa shape index (κ1) is 15.0. The number of amides is 2. The van der Waals surface area contributed by atoms with Crippen molar-refractivity contribution in [1.82, 2.24) is 5.32 Å². The molecule has 1 aromatic rings. The summed E-state index contributed by atoms with van der Waals surface area (Å²) in [4.78, 5) is 34.0. The van der Waals surface area contributed by atoms with E-state index in [-0.39, 0.29) is 5.91 Å². The summed E-state index contributed by atoms with van der Waals surface area (Å²) in [7, 11) is 0. The topological polar surface area (TPSA) is 116 Å². The molecule has 2 amide bonds. The summed E-state index contributed by atoms with van der Waals surface area (Å²) >= 11 is 0. The van der Waals surface area contributed by atoms with Crippen LogP contribution in [0.1, 0.15) is 29.3 Å². The molecule has 0 saturated carbocycles. The Bertz CT molecular complexity index is 609. The maximum atomic E-state index is 12.0. The molecule has 0 saturated heterocycles. The quantitative estimate of drug-likeness (QED) is 0.630. The molecule has 1 atom stereocenters. The Labute approximate surface area is 121 Å². The van der Waals surface area contributed by atoms with Crippen LogP contribution in [-0.4, -0.2) is 40.1 Å². The first-order chi connectivity index (χ1) is 9.79. The first-order valence-corrected chi connectivity index (χ1v) is 6.46. The monoisotopic (exact) mass is 292 g/mol. The molecule has 0 bridgehead atoms. The number of aliphatic carboxylic acids is 1. The third-order valence-corrected chi connectivity index (χ3v) is 3.32. The molecule has 7 heteroatoms. The average molecular weight is 292 g/mol. The molecule has 1 unspecified atom stereocenters. The minimum absolute atomic E-state index is 0.0581. The van der Waals surface area contributed by atoms with Gasteiger partial charge in [-0.05, 0) is 37.1 Å². The Hall–Kier alpha value is -2.41. The van der Waals surface area contributed by atoms with Crippen molar-refractivity contribution in [2.24, 2.45) is 0 Å². The molecule has 1 heterocycles. The van der Waals surface area contributed by atoms with Crippen LogP contribution in [-0.2, 0) is 16.0 Å². The lowest BCUT2D eigenvalue weighted by Gasteiger charge is -2.19. The number of carbonyl (C=O) groups excluding carboxylic acids is 2. The van der Waals surface area contributed by atoms with Crippen LogP contribution in [0.5, 0.6) is 0 Å². The second-order valence-corrected chi connectivity index (χ2v) is 5.18. The highest BCUT2D eigenvalue weighted by atomic mass is 16.4. The number of carboxylic acids is 1. The Morgan fingerprint density at radius 3 is 2.76 bits per heavy atom. The molecule has 1 aliphatic rings. The standard InChI is InChI=1S/C14H16N2O5/c1-14(21,13(19)20)7-15-12(18)9-2-4-10-8(6-9)3-5-11(17)16-10/h2,4,6,21H,3,5,7H2,1H3,(H,15,18)(H,16,17)(H,19,20). The van der Waals surface area contributed by atoms with Gasteiger partial charge in [-0.3, -0.25) is 9.59 Å². The summed E-state index contributed by atoms with van der Waals surface area (Å²) in [5, 5.41) is 23.4. The number of hydrogen-bond acceptors (Lipinski definition) is 4. The zero-order valence-electron chi connectivity index (χ0n) is 11.5. The van der Waals surface area contributed by atoms with Crippen molar-refractivity contribution in [2.75, 3.05) is 11.9 Å². The molecule has 0 aromatic heterocycles. The molecule has 4 N–H and O–H groups in total. The zero-order chi connectivity index (χ0) is 15.6. The van der Waals surface area contributed by atoms with E-state index in [1.54, 1.807) is 12.1 Å².